The van der Waals surface area contributed by atoms with Gasteiger partial charge in [0, 0.05) is 22.3 Å². The summed E-state index contributed by atoms with van der Waals surface area (Å²) in [5.41, 5.74) is 2.04. The molecule has 1 N–H and O–H groups in total. The number of halogens is 1. The van der Waals surface area contributed by atoms with Crippen molar-refractivity contribution in [2.75, 3.05) is 6.61 Å². The number of H-pyrrole nitrogens is 1. The second-order valence-corrected chi connectivity index (χ2v) is 5.09. The van der Waals surface area contributed by atoms with Gasteiger partial charge in [-0.3, -0.25) is 4.79 Å². The van der Waals surface area contributed by atoms with E-state index >= 15 is 0 Å². The number of hydrogen-bond acceptors (Lipinski definition) is 2. The largest absolute Gasteiger partial charge is 0.493 e. The number of rotatable bonds is 4. The maximum absolute atomic E-state index is 12.7. The second-order valence-electron chi connectivity index (χ2n) is 4.65. The molecule has 1 aromatic heterocycles. The lowest BCUT2D eigenvalue weighted by Gasteiger charge is -2.06. The first-order valence-electron chi connectivity index (χ1n) is 6.74. The molecule has 0 aliphatic rings. The van der Waals surface area contributed by atoms with Gasteiger partial charge in [-0.2, -0.15) is 0 Å². The molecule has 0 atom stereocenters. The smallest absolute Gasteiger partial charge is 0.195 e. The van der Waals surface area contributed by atoms with E-state index in [-0.39, 0.29) is 5.78 Å². The van der Waals surface area contributed by atoms with Crippen molar-refractivity contribution in [2.45, 2.75) is 6.92 Å². The molecule has 3 aromatic rings. The molecular weight excluding hydrogens is 286 g/mol. The molecule has 0 saturated heterocycles. The van der Waals surface area contributed by atoms with Gasteiger partial charge in [0.05, 0.1) is 17.6 Å². The van der Waals surface area contributed by atoms with Gasteiger partial charge in [-0.15, -0.1) is 0 Å². The molecule has 2 aromatic carbocycles. The van der Waals surface area contributed by atoms with E-state index in [0.717, 1.165) is 10.9 Å². The van der Waals surface area contributed by atoms with Gasteiger partial charge in [0.2, 0.25) is 0 Å². The van der Waals surface area contributed by atoms with Gasteiger partial charge in [-0.05, 0) is 31.2 Å². The number of nitrogens with one attached hydrogen (secondary N) is 1. The Morgan fingerprint density at radius 3 is 2.81 bits per heavy atom. The summed E-state index contributed by atoms with van der Waals surface area (Å²) in [5.74, 6) is 0.637. The highest BCUT2D eigenvalue weighted by atomic mass is 35.5. The van der Waals surface area contributed by atoms with Crippen LogP contribution in [0.15, 0.2) is 48.7 Å². The van der Waals surface area contributed by atoms with E-state index in [1.165, 1.54) is 0 Å². The topological polar surface area (TPSA) is 42.1 Å². The van der Waals surface area contributed by atoms with Gasteiger partial charge in [0.1, 0.15) is 5.75 Å². The molecule has 0 spiro atoms. The summed E-state index contributed by atoms with van der Waals surface area (Å²) in [7, 11) is 0. The predicted octanol–water partition coefficient (Wildman–Crippen LogP) is 4.45. The molecule has 0 saturated carbocycles. The Kier molecular flexibility index (Phi) is 3.67. The van der Waals surface area contributed by atoms with E-state index in [1.54, 1.807) is 30.5 Å². The molecule has 0 fully saturated rings. The van der Waals surface area contributed by atoms with Crippen molar-refractivity contribution in [3.05, 3.63) is 64.8 Å². The molecule has 0 radical (unpaired) electrons. The zero-order valence-corrected chi connectivity index (χ0v) is 12.3. The average molecular weight is 300 g/mol. The van der Waals surface area contributed by atoms with Gasteiger partial charge >= 0.3 is 0 Å². The third kappa shape index (κ3) is 2.52. The highest BCUT2D eigenvalue weighted by Gasteiger charge is 2.17. The Hall–Kier alpha value is -2.26. The molecule has 0 bridgehead atoms. The van der Waals surface area contributed by atoms with E-state index in [9.17, 15) is 4.79 Å². The third-order valence-electron chi connectivity index (χ3n) is 3.30. The molecule has 0 amide bonds. The molecule has 21 heavy (non-hydrogen) atoms. The van der Waals surface area contributed by atoms with E-state index in [2.05, 4.69) is 4.98 Å². The van der Waals surface area contributed by atoms with Gasteiger partial charge in [0.25, 0.3) is 0 Å². The summed E-state index contributed by atoms with van der Waals surface area (Å²) in [6, 6.07) is 12.6. The lowest BCUT2D eigenvalue weighted by Crippen LogP contribution is -2.01. The highest BCUT2D eigenvalue weighted by Crippen LogP contribution is 2.30. The first kappa shape index (κ1) is 13.7. The average Bonchev–Trinajstić information content (AvgIpc) is 2.92. The molecule has 1 heterocycles. The summed E-state index contributed by atoms with van der Waals surface area (Å²) >= 11 is 5.96. The number of benzene rings is 2. The van der Waals surface area contributed by atoms with Crippen molar-refractivity contribution in [3.63, 3.8) is 0 Å². The number of carbonyl (C=O) groups excluding carboxylic acids is 1. The molecular formula is C17H14ClNO2. The van der Waals surface area contributed by atoms with Crippen LogP contribution >= 0.6 is 11.6 Å². The van der Waals surface area contributed by atoms with Crippen LogP contribution in [0.2, 0.25) is 5.02 Å². The zero-order valence-electron chi connectivity index (χ0n) is 11.5. The van der Waals surface area contributed by atoms with Crippen molar-refractivity contribution in [1.82, 2.24) is 4.98 Å². The number of ketones is 1. The fraction of sp³-hybridized carbons (Fsp3) is 0.118. The number of carbonyl (C=O) groups is 1. The Balaban J connectivity index is 2.14. The van der Waals surface area contributed by atoms with E-state index < -0.39 is 0 Å². The molecule has 0 aliphatic carbocycles. The van der Waals surface area contributed by atoms with Gasteiger partial charge < -0.3 is 9.72 Å². The molecule has 3 rings (SSSR count). The highest BCUT2D eigenvalue weighted by molar-refractivity contribution is 6.31. The summed E-state index contributed by atoms with van der Waals surface area (Å²) < 4.78 is 5.63. The van der Waals surface area contributed by atoms with Crippen LogP contribution in [0.4, 0.5) is 0 Å². The molecule has 0 aliphatic heterocycles. The van der Waals surface area contributed by atoms with E-state index in [0.29, 0.717) is 28.5 Å². The first-order valence-corrected chi connectivity index (χ1v) is 7.11. The fourth-order valence-corrected chi connectivity index (χ4v) is 2.58. The number of hydrogen-bond donors (Lipinski definition) is 1. The molecule has 106 valence electrons. The van der Waals surface area contributed by atoms with Crippen LogP contribution in [0.25, 0.3) is 10.9 Å². The van der Waals surface area contributed by atoms with Crippen LogP contribution in [0.5, 0.6) is 5.75 Å². The van der Waals surface area contributed by atoms with Crippen molar-refractivity contribution < 1.29 is 9.53 Å². The maximum Gasteiger partial charge on any atom is 0.195 e. The Bertz CT molecular complexity index is 807. The van der Waals surface area contributed by atoms with Crippen molar-refractivity contribution in [3.8, 4) is 5.75 Å². The fourth-order valence-electron chi connectivity index (χ4n) is 2.39. The van der Waals surface area contributed by atoms with Crippen molar-refractivity contribution >= 4 is 28.3 Å². The first-order chi connectivity index (χ1) is 10.2. The van der Waals surface area contributed by atoms with Crippen LogP contribution in [0.3, 0.4) is 0 Å². The zero-order chi connectivity index (χ0) is 14.8. The van der Waals surface area contributed by atoms with Crippen LogP contribution in [0.1, 0.15) is 22.8 Å². The monoisotopic (exact) mass is 299 g/mol. The summed E-state index contributed by atoms with van der Waals surface area (Å²) in [5, 5.41) is 1.36. The van der Waals surface area contributed by atoms with Gasteiger partial charge in [0.15, 0.2) is 5.78 Å². The number of ether oxygens (including phenoxy) is 1. The van der Waals surface area contributed by atoms with E-state index in [4.69, 9.17) is 16.3 Å². The lowest BCUT2D eigenvalue weighted by molar-refractivity contribution is 0.104. The normalized spacial score (nSPS) is 10.8. The Morgan fingerprint density at radius 1 is 1.24 bits per heavy atom. The molecule has 4 heteroatoms. The Morgan fingerprint density at radius 2 is 2.05 bits per heavy atom. The maximum atomic E-state index is 12.7. The Labute approximate surface area is 127 Å². The minimum Gasteiger partial charge on any atom is -0.493 e. The van der Waals surface area contributed by atoms with Crippen LogP contribution in [0, 0.1) is 0 Å². The van der Waals surface area contributed by atoms with Gasteiger partial charge in [-0.1, -0.05) is 29.8 Å². The lowest BCUT2D eigenvalue weighted by atomic mass is 10.0. The minimum atomic E-state index is -0.0732. The van der Waals surface area contributed by atoms with Gasteiger partial charge in [-0.25, -0.2) is 0 Å². The summed E-state index contributed by atoms with van der Waals surface area (Å²) in [4.78, 5) is 15.8. The van der Waals surface area contributed by atoms with E-state index in [1.807, 2.05) is 25.1 Å². The van der Waals surface area contributed by atoms with Crippen LogP contribution in [-0.2, 0) is 0 Å². The van der Waals surface area contributed by atoms with Crippen molar-refractivity contribution in [1.29, 1.82) is 0 Å². The quantitative estimate of drug-likeness (QED) is 0.723. The molecule has 3 nitrogen and oxygen atoms in total. The SMILES string of the molecule is CCOc1cccc2[nH]cc(C(=O)c3cccc(Cl)c3)c12. The standard InChI is InChI=1S/C17H14ClNO2/c1-2-21-15-8-4-7-14-16(15)13(10-19-14)17(20)11-5-3-6-12(18)9-11/h3-10,19H,2H2,1H3. The molecule has 0 unspecified atom stereocenters. The van der Waals surface area contributed by atoms with Crippen LogP contribution < -0.4 is 4.74 Å². The van der Waals surface area contributed by atoms with Crippen LogP contribution in [-0.4, -0.2) is 17.4 Å². The predicted molar refractivity (Wildman–Crippen MR) is 84.4 cm³/mol. The number of aromatic nitrogens is 1. The summed E-state index contributed by atoms with van der Waals surface area (Å²) in [6.45, 7) is 2.47. The summed E-state index contributed by atoms with van der Waals surface area (Å²) in [6.07, 6.45) is 1.72. The number of fused-ring (bicyclic) bond motifs is 1. The van der Waals surface area contributed by atoms with Crippen molar-refractivity contribution in [2.24, 2.45) is 0 Å². The third-order valence-corrected chi connectivity index (χ3v) is 3.53. The second kappa shape index (κ2) is 5.62. The number of aromatic amines is 1. The minimum absolute atomic E-state index is 0.0732.